The topological polar surface area (TPSA) is 106 Å². The van der Waals surface area contributed by atoms with E-state index in [4.69, 9.17) is 10.9 Å². The van der Waals surface area contributed by atoms with Crippen LogP contribution in [-0.2, 0) is 13.5 Å². The lowest BCUT2D eigenvalue weighted by molar-refractivity contribution is 0.100. The third-order valence-corrected chi connectivity index (χ3v) is 4.81. The summed E-state index contributed by atoms with van der Waals surface area (Å²) in [4.78, 5) is 15.8. The molecule has 1 aromatic heterocycles. The van der Waals surface area contributed by atoms with Crippen molar-refractivity contribution in [3.8, 4) is 11.3 Å². The Bertz CT molecular complexity index is 1050. The Morgan fingerprint density at radius 2 is 2.00 bits per heavy atom. The predicted octanol–water partition coefficient (Wildman–Crippen LogP) is 3.05. The lowest BCUT2D eigenvalue weighted by atomic mass is 10.1. The maximum absolute atomic E-state index is 11.3. The number of imidazole rings is 1. The van der Waals surface area contributed by atoms with Gasteiger partial charge < -0.3 is 20.8 Å². The molecule has 2 aromatic carbocycles. The van der Waals surface area contributed by atoms with Crippen molar-refractivity contribution in [1.82, 2.24) is 9.55 Å². The molecular formula is C20H19N5O2. The van der Waals surface area contributed by atoms with Gasteiger partial charge in [-0.1, -0.05) is 23.4 Å². The third kappa shape index (κ3) is 3.03. The van der Waals surface area contributed by atoms with Crippen LogP contribution in [0, 0.1) is 0 Å². The maximum Gasteiger partial charge on any atom is 0.248 e. The molecule has 0 radical (unpaired) electrons. The van der Waals surface area contributed by atoms with Crippen LogP contribution in [-0.4, -0.2) is 26.4 Å². The second kappa shape index (κ2) is 6.60. The minimum atomic E-state index is -0.454. The molecule has 0 fully saturated rings. The fraction of sp³-hybridized carbons (Fsp3) is 0.150. The number of carbonyl (C=O) groups is 1. The fourth-order valence-electron chi connectivity index (χ4n) is 3.37. The van der Waals surface area contributed by atoms with Gasteiger partial charge in [-0.2, -0.15) is 0 Å². The van der Waals surface area contributed by atoms with Crippen LogP contribution >= 0.6 is 0 Å². The molecule has 1 heterocycles. The summed E-state index contributed by atoms with van der Waals surface area (Å²) in [7, 11) is 1.92. The zero-order valence-electron chi connectivity index (χ0n) is 14.8. The van der Waals surface area contributed by atoms with E-state index in [1.807, 2.05) is 35.9 Å². The number of primary amides is 1. The maximum atomic E-state index is 11.3. The molecular weight excluding hydrogens is 342 g/mol. The lowest BCUT2D eigenvalue weighted by Gasteiger charge is -2.11. The number of hydrogen-bond acceptors (Lipinski definition) is 5. The number of nitrogens with two attached hydrogens (primary N) is 1. The van der Waals surface area contributed by atoms with Crippen LogP contribution in [0.3, 0.4) is 0 Å². The molecule has 0 bridgehead atoms. The molecule has 7 heteroatoms. The van der Waals surface area contributed by atoms with E-state index in [1.54, 1.807) is 18.5 Å². The van der Waals surface area contributed by atoms with Crippen molar-refractivity contribution in [1.29, 1.82) is 0 Å². The fourth-order valence-corrected chi connectivity index (χ4v) is 3.37. The number of hydrogen-bond donors (Lipinski definition) is 3. The Kier molecular flexibility index (Phi) is 4.12. The largest absolute Gasteiger partial charge is 0.411 e. The molecule has 0 spiro atoms. The summed E-state index contributed by atoms with van der Waals surface area (Å²) in [6.45, 7) is 0. The highest BCUT2D eigenvalue weighted by atomic mass is 16.4. The van der Waals surface area contributed by atoms with Crippen molar-refractivity contribution in [2.45, 2.75) is 12.8 Å². The van der Waals surface area contributed by atoms with Gasteiger partial charge in [-0.15, -0.1) is 0 Å². The number of rotatable bonds is 4. The minimum Gasteiger partial charge on any atom is -0.411 e. The van der Waals surface area contributed by atoms with Crippen LogP contribution < -0.4 is 11.1 Å². The van der Waals surface area contributed by atoms with E-state index in [9.17, 15) is 4.79 Å². The van der Waals surface area contributed by atoms with Gasteiger partial charge in [-0.3, -0.25) is 4.79 Å². The number of fused-ring (bicyclic) bond motifs is 1. The Labute approximate surface area is 156 Å². The molecule has 0 aliphatic heterocycles. The second-order valence-corrected chi connectivity index (χ2v) is 6.54. The molecule has 1 amide bonds. The molecule has 1 aliphatic carbocycles. The first-order valence-corrected chi connectivity index (χ1v) is 8.59. The summed E-state index contributed by atoms with van der Waals surface area (Å²) in [5, 5.41) is 15.9. The van der Waals surface area contributed by atoms with E-state index in [0.717, 1.165) is 52.4 Å². The van der Waals surface area contributed by atoms with E-state index >= 15 is 0 Å². The highest BCUT2D eigenvalue weighted by Gasteiger charge is 2.19. The summed E-state index contributed by atoms with van der Waals surface area (Å²) in [5.41, 5.74) is 11.3. The standard InChI is InChI=1S/C20H19N5O2/c1-25-11-22-18(12-2-4-13(5-3-12)19(21)26)20(25)23-15-7-8-16-14(10-15)6-9-17(16)24-27/h2-5,7-8,10-11,23,27H,6,9H2,1H3,(H2,21,26)/b24-17+. The SMILES string of the molecule is Cn1cnc(-c2ccc(C(N)=O)cc2)c1Nc1ccc2c(c1)CC/C2=N\O. The number of nitrogens with one attached hydrogen (secondary N) is 1. The molecule has 0 unspecified atom stereocenters. The number of carbonyl (C=O) groups excluding carboxylic acids is 1. The van der Waals surface area contributed by atoms with Crippen LogP contribution in [0.4, 0.5) is 11.5 Å². The van der Waals surface area contributed by atoms with Crippen LogP contribution in [0.1, 0.15) is 27.9 Å². The third-order valence-electron chi connectivity index (χ3n) is 4.81. The van der Waals surface area contributed by atoms with Gasteiger partial charge in [-0.25, -0.2) is 4.98 Å². The summed E-state index contributed by atoms with van der Waals surface area (Å²) < 4.78 is 1.91. The van der Waals surface area contributed by atoms with Crippen molar-refractivity contribution in [3.05, 3.63) is 65.5 Å². The number of anilines is 2. The molecule has 3 aromatic rings. The summed E-state index contributed by atoms with van der Waals surface area (Å²) in [6.07, 6.45) is 3.35. The van der Waals surface area contributed by atoms with E-state index in [-0.39, 0.29) is 0 Å². The Balaban J connectivity index is 1.66. The number of aromatic nitrogens is 2. The Hall–Kier alpha value is -3.61. The summed E-state index contributed by atoms with van der Waals surface area (Å²) >= 11 is 0. The van der Waals surface area contributed by atoms with Gasteiger partial charge in [0.2, 0.25) is 5.91 Å². The van der Waals surface area contributed by atoms with Gasteiger partial charge >= 0.3 is 0 Å². The second-order valence-electron chi connectivity index (χ2n) is 6.54. The number of amides is 1. The summed E-state index contributed by atoms with van der Waals surface area (Å²) in [6, 6.07) is 13.1. The highest BCUT2D eigenvalue weighted by Crippen LogP contribution is 2.31. The van der Waals surface area contributed by atoms with E-state index < -0.39 is 5.91 Å². The molecule has 136 valence electrons. The first-order valence-electron chi connectivity index (χ1n) is 8.59. The van der Waals surface area contributed by atoms with Gasteiger partial charge in [0.1, 0.15) is 11.5 Å². The van der Waals surface area contributed by atoms with Crippen molar-refractivity contribution in [2.24, 2.45) is 17.9 Å². The van der Waals surface area contributed by atoms with Crippen LogP contribution in [0.25, 0.3) is 11.3 Å². The molecule has 4 rings (SSSR count). The molecule has 27 heavy (non-hydrogen) atoms. The molecule has 0 saturated heterocycles. The molecule has 7 nitrogen and oxygen atoms in total. The first kappa shape index (κ1) is 16.8. The minimum absolute atomic E-state index is 0.454. The Morgan fingerprint density at radius 3 is 2.70 bits per heavy atom. The van der Waals surface area contributed by atoms with Gasteiger partial charge in [0, 0.05) is 29.4 Å². The van der Waals surface area contributed by atoms with E-state index in [1.165, 1.54) is 0 Å². The van der Waals surface area contributed by atoms with Crippen molar-refractivity contribution >= 4 is 23.1 Å². The van der Waals surface area contributed by atoms with Crippen LogP contribution in [0.15, 0.2) is 53.9 Å². The molecule has 0 saturated carbocycles. The lowest BCUT2D eigenvalue weighted by Crippen LogP contribution is -2.10. The predicted molar refractivity (Wildman–Crippen MR) is 104 cm³/mol. The average Bonchev–Trinajstić information content (AvgIpc) is 3.25. The monoisotopic (exact) mass is 361 g/mol. The van der Waals surface area contributed by atoms with Crippen molar-refractivity contribution < 1.29 is 10.0 Å². The van der Waals surface area contributed by atoms with Gasteiger partial charge in [0.15, 0.2) is 0 Å². The van der Waals surface area contributed by atoms with Gasteiger partial charge in [0.05, 0.1) is 12.0 Å². The summed E-state index contributed by atoms with van der Waals surface area (Å²) in [5.74, 6) is 0.390. The van der Waals surface area contributed by atoms with Gasteiger partial charge in [0.25, 0.3) is 0 Å². The van der Waals surface area contributed by atoms with Crippen molar-refractivity contribution in [3.63, 3.8) is 0 Å². The van der Waals surface area contributed by atoms with Gasteiger partial charge in [-0.05, 0) is 42.7 Å². The molecule has 1 aliphatic rings. The number of aryl methyl sites for hydroxylation is 2. The Morgan fingerprint density at radius 1 is 1.22 bits per heavy atom. The zero-order valence-corrected chi connectivity index (χ0v) is 14.8. The molecule has 0 atom stereocenters. The molecule has 4 N–H and O–H groups in total. The normalized spacial score (nSPS) is 14.3. The highest BCUT2D eigenvalue weighted by molar-refractivity contribution is 6.04. The number of nitrogens with zero attached hydrogens (tertiary/aromatic N) is 3. The van der Waals surface area contributed by atoms with Crippen LogP contribution in [0.5, 0.6) is 0 Å². The number of benzene rings is 2. The smallest absolute Gasteiger partial charge is 0.248 e. The zero-order chi connectivity index (χ0) is 19.0. The first-order chi connectivity index (χ1) is 13.1. The number of oxime groups is 1. The average molecular weight is 361 g/mol. The van der Waals surface area contributed by atoms with Crippen LogP contribution in [0.2, 0.25) is 0 Å². The van der Waals surface area contributed by atoms with E-state index in [0.29, 0.717) is 5.56 Å². The quantitative estimate of drug-likeness (QED) is 0.490. The van der Waals surface area contributed by atoms with E-state index in [2.05, 4.69) is 21.5 Å². The van der Waals surface area contributed by atoms with Crippen molar-refractivity contribution in [2.75, 3.05) is 5.32 Å².